The van der Waals surface area contributed by atoms with Crippen molar-refractivity contribution < 1.29 is 14.6 Å². The van der Waals surface area contributed by atoms with Gasteiger partial charge < -0.3 is 15.1 Å². The highest BCUT2D eigenvalue weighted by Crippen LogP contribution is 2.38. The van der Waals surface area contributed by atoms with Crippen LogP contribution in [0, 0.1) is 0 Å². The fourth-order valence-electron chi connectivity index (χ4n) is 3.70. The molecule has 2 amide bonds. The third kappa shape index (κ3) is 5.15. The van der Waals surface area contributed by atoms with Crippen molar-refractivity contribution in [3.05, 3.63) is 65.9 Å². The molecule has 0 saturated heterocycles. The standard InChI is InChI=1S/C22H23BN5O3S/c1-31-19-14-16(8-11-24-19)18-7-6-15-4-2-5-17(15)21(18)25-22(29)27-32-20-9-13-28(26-20)12-3-10-23-30/h3,6-11,13-14,30H,2,4-5,12H2,1H3,(H2,25,27,29)/b10-3+. The molecule has 0 aliphatic heterocycles. The second kappa shape index (κ2) is 10.4. The first-order valence-electron chi connectivity index (χ1n) is 10.2. The Labute approximate surface area is 191 Å². The van der Waals surface area contributed by atoms with Crippen LogP contribution in [0.2, 0.25) is 0 Å². The highest BCUT2D eigenvalue weighted by atomic mass is 32.2. The van der Waals surface area contributed by atoms with Gasteiger partial charge in [0.1, 0.15) is 5.03 Å². The SMILES string of the molecule is COc1cc(-c2ccc3c(c2NC(=O)NSc2ccn(C/C=C/[B]O)n2)CCC3)ccn1. The van der Waals surface area contributed by atoms with Crippen LogP contribution in [-0.4, -0.2) is 40.4 Å². The average Bonchev–Trinajstić information content (AvgIpc) is 3.48. The first kappa shape index (κ1) is 22.0. The van der Waals surface area contributed by atoms with Crippen molar-refractivity contribution in [2.75, 3.05) is 12.4 Å². The van der Waals surface area contributed by atoms with Gasteiger partial charge in [-0.1, -0.05) is 24.2 Å². The summed E-state index contributed by atoms with van der Waals surface area (Å²) in [5, 5.41) is 16.8. The molecule has 10 heteroatoms. The lowest BCUT2D eigenvalue weighted by molar-refractivity contribution is 0.257. The second-order valence-electron chi connectivity index (χ2n) is 7.18. The van der Waals surface area contributed by atoms with Gasteiger partial charge in [0.15, 0.2) is 0 Å². The summed E-state index contributed by atoms with van der Waals surface area (Å²) in [7, 11) is 2.56. The van der Waals surface area contributed by atoms with Crippen LogP contribution in [0.4, 0.5) is 10.5 Å². The van der Waals surface area contributed by atoms with Crippen LogP contribution in [0.15, 0.2) is 59.8 Å². The Morgan fingerprint density at radius 2 is 2.25 bits per heavy atom. The molecule has 2 heterocycles. The number of anilines is 1. The van der Waals surface area contributed by atoms with E-state index in [0.717, 1.165) is 55.5 Å². The number of urea groups is 1. The van der Waals surface area contributed by atoms with Crippen molar-refractivity contribution in [1.29, 1.82) is 0 Å². The van der Waals surface area contributed by atoms with E-state index in [-0.39, 0.29) is 6.03 Å². The molecule has 0 bridgehead atoms. The number of rotatable bonds is 8. The van der Waals surface area contributed by atoms with E-state index in [2.05, 4.69) is 26.2 Å². The first-order valence-corrected chi connectivity index (χ1v) is 11.0. The molecular formula is C22H23BN5O3S. The number of nitrogens with zero attached hydrogens (tertiary/aromatic N) is 3. The molecule has 1 aromatic carbocycles. The summed E-state index contributed by atoms with van der Waals surface area (Å²) in [6, 6.07) is 9.45. The molecule has 32 heavy (non-hydrogen) atoms. The molecule has 0 spiro atoms. The number of carbonyl (C=O) groups is 1. The van der Waals surface area contributed by atoms with Gasteiger partial charge in [-0.25, -0.2) is 9.78 Å². The lowest BCUT2D eigenvalue weighted by atomic mass is 9.98. The highest BCUT2D eigenvalue weighted by Gasteiger charge is 2.21. The van der Waals surface area contributed by atoms with E-state index in [1.807, 2.05) is 30.5 Å². The summed E-state index contributed by atoms with van der Waals surface area (Å²) in [6.45, 7) is 0.527. The van der Waals surface area contributed by atoms with Gasteiger partial charge in [0.2, 0.25) is 5.88 Å². The number of aryl methyl sites for hydroxylation is 1. The predicted molar refractivity (Wildman–Crippen MR) is 126 cm³/mol. The summed E-state index contributed by atoms with van der Waals surface area (Å²) in [4.78, 5) is 16.9. The zero-order valence-electron chi connectivity index (χ0n) is 17.6. The van der Waals surface area contributed by atoms with Crippen molar-refractivity contribution in [3.63, 3.8) is 0 Å². The Morgan fingerprint density at radius 1 is 1.34 bits per heavy atom. The zero-order valence-corrected chi connectivity index (χ0v) is 18.4. The average molecular weight is 448 g/mol. The summed E-state index contributed by atoms with van der Waals surface area (Å²) in [6.07, 6.45) is 8.29. The maximum atomic E-state index is 12.8. The number of ether oxygens (including phenoxy) is 1. The van der Waals surface area contributed by atoms with E-state index in [4.69, 9.17) is 9.76 Å². The molecule has 3 aromatic rings. The van der Waals surface area contributed by atoms with Crippen LogP contribution >= 0.6 is 11.9 Å². The van der Waals surface area contributed by atoms with Crippen LogP contribution in [0.5, 0.6) is 5.88 Å². The lowest BCUT2D eigenvalue weighted by Crippen LogP contribution is -2.24. The number of hydrogen-bond donors (Lipinski definition) is 3. The van der Waals surface area contributed by atoms with E-state index < -0.39 is 0 Å². The van der Waals surface area contributed by atoms with E-state index >= 15 is 0 Å². The third-order valence-corrected chi connectivity index (χ3v) is 5.87. The van der Waals surface area contributed by atoms with Crippen molar-refractivity contribution >= 4 is 31.1 Å². The Balaban J connectivity index is 1.49. The van der Waals surface area contributed by atoms with Crippen LogP contribution < -0.4 is 14.8 Å². The number of fused-ring (bicyclic) bond motifs is 1. The minimum absolute atomic E-state index is 0.318. The topological polar surface area (TPSA) is 101 Å². The largest absolute Gasteiger partial charge is 0.481 e. The number of nitrogens with one attached hydrogen (secondary N) is 2. The fraction of sp³-hybridized carbons (Fsp3) is 0.227. The quantitative estimate of drug-likeness (QED) is 0.361. The molecule has 4 rings (SSSR count). The molecule has 3 N–H and O–H groups in total. The molecular weight excluding hydrogens is 425 g/mol. The summed E-state index contributed by atoms with van der Waals surface area (Å²) >= 11 is 1.14. The fourth-order valence-corrected chi connectivity index (χ4v) is 4.23. The van der Waals surface area contributed by atoms with Crippen molar-refractivity contribution in [2.24, 2.45) is 0 Å². The molecule has 0 saturated carbocycles. The minimum atomic E-state index is -0.318. The summed E-state index contributed by atoms with van der Waals surface area (Å²) < 4.78 is 9.79. The van der Waals surface area contributed by atoms with Gasteiger partial charge in [-0.15, -0.1) is 0 Å². The summed E-state index contributed by atoms with van der Waals surface area (Å²) in [5.74, 6) is 2.06. The predicted octanol–water partition coefficient (Wildman–Crippen LogP) is 3.40. The molecule has 2 aromatic heterocycles. The molecule has 1 aliphatic rings. The second-order valence-corrected chi connectivity index (χ2v) is 8.00. The van der Waals surface area contributed by atoms with Gasteiger partial charge in [0.25, 0.3) is 0 Å². The smallest absolute Gasteiger partial charge is 0.329 e. The molecule has 0 fully saturated rings. The molecule has 1 radical (unpaired) electrons. The number of aromatic nitrogens is 3. The number of hydrogen-bond acceptors (Lipinski definition) is 6. The lowest BCUT2D eigenvalue weighted by Gasteiger charge is -2.16. The number of methoxy groups -OCH3 is 1. The zero-order chi connectivity index (χ0) is 22.3. The third-order valence-electron chi connectivity index (χ3n) is 5.16. The van der Waals surface area contributed by atoms with E-state index in [9.17, 15) is 4.79 Å². The molecule has 163 valence electrons. The highest BCUT2D eigenvalue weighted by molar-refractivity contribution is 7.97. The van der Waals surface area contributed by atoms with Gasteiger partial charge >= 0.3 is 13.5 Å². The van der Waals surface area contributed by atoms with Crippen LogP contribution in [0.1, 0.15) is 17.5 Å². The van der Waals surface area contributed by atoms with Crippen molar-refractivity contribution in [2.45, 2.75) is 30.8 Å². The van der Waals surface area contributed by atoms with Crippen LogP contribution in [-0.2, 0) is 19.4 Å². The number of amides is 2. The Bertz CT molecular complexity index is 1130. The van der Waals surface area contributed by atoms with Gasteiger partial charge in [-0.05, 0) is 48.1 Å². The normalized spacial score (nSPS) is 12.6. The Morgan fingerprint density at radius 3 is 3.09 bits per heavy atom. The van der Waals surface area contributed by atoms with E-state index in [0.29, 0.717) is 17.5 Å². The number of carbonyl (C=O) groups excluding carboxylic acids is 1. The molecule has 8 nitrogen and oxygen atoms in total. The minimum Gasteiger partial charge on any atom is -0.481 e. The van der Waals surface area contributed by atoms with E-state index in [1.165, 1.54) is 17.1 Å². The maximum Gasteiger partial charge on any atom is 0.329 e. The van der Waals surface area contributed by atoms with Gasteiger partial charge in [0, 0.05) is 36.0 Å². The van der Waals surface area contributed by atoms with E-state index in [1.54, 1.807) is 24.1 Å². The Kier molecular flexibility index (Phi) is 7.13. The van der Waals surface area contributed by atoms with Gasteiger partial charge in [-0.2, -0.15) is 5.10 Å². The summed E-state index contributed by atoms with van der Waals surface area (Å²) in [5.41, 5.74) is 5.13. The first-order chi connectivity index (χ1) is 15.7. The number of pyridine rings is 1. The number of allylic oxidation sites excluding steroid dienone is 1. The monoisotopic (exact) mass is 448 g/mol. The van der Waals surface area contributed by atoms with Crippen LogP contribution in [0.25, 0.3) is 11.1 Å². The maximum absolute atomic E-state index is 12.8. The molecule has 0 unspecified atom stereocenters. The van der Waals surface area contributed by atoms with Crippen molar-refractivity contribution in [3.8, 4) is 17.0 Å². The molecule has 0 atom stereocenters. The number of benzene rings is 1. The van der Waals surface area contributed by atoms with Gasteiger partial charge in [0.05, 0.1) is 19.3 Å². The van der Waals surface area contributed by atoms with Gasteiger partial charge in [-0.3, -0.25) is 9.40 Å². The van der Waals surface area contributed by atoms with Crippen molar-refractivity contribution in [1.82, 2.24) is 19.5 Å². The van der Waals surface area contributed by atoms with Crippen LogP contribution in [0.3, 0.4) is 0 Å². The molecule has 1 aliphatic carbocycles. The Hall–Kier alpha value is -3.24.